The average Bonchev–Trinajstić information content (AvgIpc) is 2.89. The summed E-state index contributed by atoms with van der Waals surface area (Å²) in [7, 11) is 0.629. The third-order valence-electron chi connectivity index (χ3n) is 5.38. The lowest BCUT2D eigenvalue weighted by Gasteiger charge is -2.25. The zero-order valence-corrected chi connectivity index (χ0v) is 24.6. The fraction of sp³-hybridized carbons (Fsp3) is 0.414. The van der Waals surface area contributed by atoms with Gasteiger partial charge in [0.05, 0.1) is 22.1 Å². The van der Waals surface area contributed by atoms with Gasteiger partial charge in [-0.25, -0.2) is 4.98 Å². The smallest absolute Gasteiger partial charge is 0.257 e. The van der Waals surface area contributed by atoms with E-state index in [-0.39, 0.29) is 17.7 Å². The first-order valence-electron chi connectivity index (χ1n) is 13.1. The lowest BCUT2D eigenvalue weighted by molar-refractivity contribution is 0.102. The van der Waals surface area contributed by atoms with Crippen LogP contribution in [0.1, 0.15) is 82.8 Å². The van der Waals surface area contributed by atoms with E-state index in [1.807, 2.05) is 38.3 Å². The highest BCUT2D eigenvalue weighted by molar-refractivity contribution is 7.45. The van der Waals surface area contributed by atoms with E-state index in [0.29, 0.717) is 31.5 Å². The predicted molar refractivity (Wildman–Crippen MR) is 163 cm³/mol. The van der Waals surface area contributed by atoms with Gasteiger partial charge in [0.15, 0.2) is 0 Å². The minimum absolute atomic E-state index is 0.0934. The molecule has 37 heavy (non-hydrogen) atoms. The molecule has 1 aromatic heterocycles. The van der Waals surface area contributed by atoms with Gasteiger partial charge < -0.3 is 10.6 Å². The molecule has 1 aliphatic heterocycles. The number of aromatic nitrogens is 1. The van der Waals surface area contributed by atoms with E-state index in [9.17, 15) is 4.79 Å². The number of amides is 1. The molecule has 1 aliphatic rings. The number of aliphatic imine (C=N–C) groups is 1. The third kappa shape index (κ3) is 9.70. The third-order valence-corrected chi connectivity index (χ3v) is 7.07. The number of rotatable bonds is 9. The highest BCUT2D eigenvalue weighted by Crippen LogP contribution is 2.38. The standard InChI is InChI=1S/C26H33ClN5OP.C3H8/c1-5-8-12-23-22(6-2)29-16-24(34-23)31-17(4)18-10-9-11-20(13-18)32-26(33)19-14-21(27)25(28-7-3)30-15-19;1-3-2/h6,9-17,24,31,34H,5,7-8H2,1-4H3,(H,28,30)(H,32,33);3H2,1-2H3/b22-6+,23-12-;. The molecule has 200 valence electrons. The molecule has 3 rings (SSSR count). The first kappa shape index (κ1) is 30.7. The SMILES string of the molecule is C/C=C1/N=CC(NC(C)c2cccc(NC(=O)c3cnc(NCC)c(Cl)c3)c2)P/C1=C\CCC.CCC. The molecule has 0 fully saturated rings. The number of hydrogen-bond acceptors (Lipinski definition) is 5. The van der Waals surface area contributed by atoms with Crippen LogP contribution in [0.15, 0.2) is 64.7 Å². The minimum atomic E-state index is -0.249. The summed E-state index contributed by atoms with van der Waals surface area (Å²) in [5.41, 5.74) is 3.30. The van der Waals surface area contributed by atoms with Crippen molar-refractivity contribution < 1.29 is 4.79 Å². The van der Waals surface area contributed by atoms with Crippen molar-refractivity contribution in [3.63, 3.8) is 0 Å². The Morgan fingerprint density at radius 2 is 1.97 bits per heavy atom. The van der Waals surface area contributed by atoms with Gasteiger partial charge in [0, 0.05) is 30.7 Å². The van der Waals surface area contributed by atoms with Crippen LogP contribution in [0.4, 0.5) is 11.5 Å². The number of carbonyl (C=O) groups excluding carboxylic acids is 1. The van der Waals surface area contributed by atoms with Crippen molar-refractivity contribution in [3.8, 4) is 0 Å². The molecule has 0 saturated heterocycles. The van der Waals surface area contributed by atoms with Gasteiger partial charge in [-0.05, 0) is 56.3 Å². The molecule has 0 bridgehead atoms. The molecule has 0 aliphatic carbocycles. The Labute approximate surface area is 229 Å². The number of pyridine rings is 1. The van der Waals surface area contributed by atoms with Gasteiger partial charge in [-0.15, -0.1) is 0 Å². The fourth-order valence-electron chi connectivity index (χ4n) is 3.58. The summed E-state index contributed by atoms with van der Waals surface area (Å²) in [6.45, 7) is 13.3. The van der Waals surface area contributed by atoms with Crippen molar-refractivity contribution in [1.29, 1.82) is 0 Å². The first-order valence-corrected chi connectivity index (χ1v) is 14.6. The van der Waals surface area contributed by atoms with Crippen molar-refractivity contribution in [2.75, 3.05) is 17.2 Å². The Morgan fingerprint density at radius 3 is 2.62 bits per heavy atom. The summed E-state index contributed by atoms with van der Waals surface area (Å²) >= 11 is 6.24. The van der Waals surface area contributed by atoms with Crippen molar-refractivity contribution >= 4 is 43.8 Å². The minimum Gasteiger partial charge on any atom is -0.369 e. The average molecular weight is 542 g/mol. The predicted octanol–water partition coefficient (Wildman–Crippen LogP) is 8.16. The second kappa shape index (κ2) is 16.3. The molecule has 6 nitrogen and oxygen atoms in total. The van der Waals surface area contributed by atoms with Crippen molar-refractivity contribution in [2.24, 2.45) is 4.99 Å². The van der Waals surface area contributed by atoms with Gasteiger partial charge in [0.25, 0.3) is 5.91 Å². The summed E-state index contributed by atoms with van der Waals surface area (Å²) < 4.78 is 0. The highest BCUT2D eigenvalue weighted by atomic mass is 35.5. The Bertz CT molecular complexity index is 1120. The molecule has 0 saturated carbocycles. The molecular formula is C29H41ClN5OP. The molecule has 3 unspecified atom stereocenters. The summed E-state index contributed by atoms with van der Waals surface area (Å²) in [4.78, 5) is 21.6. The van der Waals surface area contributed by atoms with Crippen LogP contribution in [0.25, 0.3) is 0 Å². The van der Waals surface area contributed by atoms with Gasteiger partial charge >= 0.3 is 0 Å². The zero-order chi connectivity index (χ0) is 27.2. The van der Waals surface area contributed by atoms with Crippen LogP contribution in [-0.2, 0) is 0 Å². The van der Waals surface area contributed by atoms with Gasteiger partial charge in [0.1, 0.15) is 5.82 Å². The van der Waals surface area contributed by atoms with E-state index in [4.69, 9.17) is 11.6 Å². The van der Waals surface area contributed by atoms with Crippen LogP contribution in [0.3, 0.4) is 0 Å². The first-order chi connectivity index (χ1) is 17.9. The zero-order valence-electron chi connectivity index (χ0n) is 22.9. The quantitative estimate of drug-likeness (QED) is 0.280. The number of carbonyl (C=O) groups is 1. The number of benzene rings is 1. The molecule has 0 spiro atoms. The molecule has 1 amide bonds. The number of halogens is 1. The van der Waals surface area contributed by atoms with E-state index in [1.54, 1.807) is 6.07 Å². The normalized spacial score (nSPS) is 18.4. The molecule has 1 aromatic carbocycles. The van der Waals surface area contributed by atoms with Crippen molar-refractivity contribution in [2.45, 2.75) is 72.6 Å². The largest absolute Gasteiger partial charge is 0.369 e. The highest BCUT2D eigenvalue weighted by Gasteiger charge is 2.19. The summed E-state index contributed by atoms with van der Waals surface area (Å²) in [6.07, 6.45) is 11.4. The second-order valence-corrected chi connectivity index (χ2v) is 10.6. The van der Waals surface area contributed by atoms with Gasteiger partial charge in [-0.1, -0.05) is 78.1 Å². The number of anilines is 2. The summed E-state index contributed by atoms with van der Waals surface area (Å²) in [5.74, 6) is 0.507. The lowest BCUT2D eigenvalue weighted by atomic mass is 10.1. The van der Waals surface area contributed by atoms with Gasteiger partial charge in [0.2, 0.25) is 0 Å². The molecule has 3 atom stereocenters. The Balaban J connectivity index is 0.00000153. The fourth-order valence-corrected chi connectivity index (χ4v) is 5.25. The molecule has 2 heterocycles. The maximum absolute atomic E-state index is 12.7. The molecule has 8 heteroatoms. The van der Waals surface area contributed by atoms with Crippen LogP contribution >= 0.6 is 20.2 Å². The van der Waals surface area contributed by atoms with Crippen LogP contribution in [0, 0.1) is 0 Å². The number of unbranched alkanes of at least 4 members (excludes halogenated alkanes) is 1. The monoisotopic (exact) mass is 541 g/mol. The molecular weight excluding hydrogens is 501 g/mol. The second-order valence-electron chi connectivity index (χ2n) is 8.74. The van der Waals surface area contributed by atoms with Gasteiger partial charge in [-0.3, -0.25) is 15.1 Å². The van der Waals surface area contributed by atoms with Crippen LogP contribution in [0.2, 0.25) is 5.02 Å². The van der Waals surface area contributed by atoms with E-state index in [2.05, 4.69) is 71.8 Å². The number of allylic oxidation sites excluding steroid dienone is 3. The van der Waals surface area contributed by atoms with E-state index in [0.717, 1.165) is 29.8 Å². The number of nitrogens with one attached hydrogen (secondary N) is 3. The maximum atomic E-state index is 12.7. The molecule has 0 radical (unpaired) electrons. The van der Waals surface area contributed by atoms with Crippen molar-refractivity contribution in [3.05, 3.63) is 75.8 Å². The number of hydrogen-bond donors (Lipinski definition) is 3. The van der Waals surface area contributed by atoms with Crippen LogP contribution < -0.4 is 16.0 Å². The Hall–Kier alpha value is -2.53. The lowest BCUT2D eigenvalue weighted by Crippen LogP contribution is -2.30. The Kier molecular flexibility index (Phi) is 13.6. The van der Waals surface area contributed by atoms with E-state index in [1.165, 1.54) is 17.9 Å². The summed E-state index contributed by atoms with van der Waals surface area (Å²) in [6, 6.07) is 9.60. The van der Waals surface area contributed by atoms with E-state index < -0.39 is 0 Å². The number of nitrogens with zero attached hydrogens (tertiary/aromatic N) is 2. The topological polar surface area (TPSA) is 78.4 Å². The van der Waals surface area contributed by atoms with Crippen LogP contribution in [-0.4, -0.2) is 29.4 Å². The molecule has 2 aromatic rings. The van der Waals surface area contributed by atoms with E-state index >= 15 is 0 Å². The van der Waals surface area contributed by atoms with Crippen molar-refractivity contribution in [1.82, 2.24) is 10.3 Å². The van der Waals surface area contributed by atoms with Crippen LogP contribution in [0.5, 0.6) is 0 Å². The maximum Gasteiger partial charge on any atom is 0.257 e. The van der Waals surface area contributed by atoms with Gasteiger partial charge in [-0.2, -0.15) is 0 Å². The molecule has 3 N–H and O–H groups in total. The summed E-state index contributed by atoms with van der Waals surface area (Å²) in [5, 5.41) is 11.4. The Morgan fingerprint density at radius 1 is 1.22 bits per heavy atom.